The number of hydrogen-bond donors (Lipinski definition) is 1. The molecule has 0 saturated heterocycles. The van der Waals surface area contributed by atoms with Crippen molar-refractivity contribution in [2.24, 2.45) is 0 Å². The van der Waals surface area contributed by atoms with E-state index in [0.717, 1.165) is 46.5 Å². The minimum Gasteiger partial charge on any atom is -0.497 e. The highest BCUT2D eigenvalue weighted by Crippen LogP contribution is 2.45. The predicted octanol–water partition coefficient (Wildman–Crippen LogP) is 5.41. The Morgan fingerprint density at radius 3 is 2.46 bits per heavy atom. The normalized spacial score (nSPS) is 14.5. The summed E-state index contributed by atoms with van der Waals surface area (Å²) in [5.74, 6) is 1.97. The summed E-state index contributed by atoms with van der Waals surface area (Å²) in [6.45, 7) is 3.17. The molecule has 0 saturated carbocycles. The molecule has 0 spiro atoms. The maximum atomic E-state index is 13.7. The van der Waals surface area contributed by atoms with Gasteiger partial charge < -0.3 is 19.1 Å². The number of aromatic amines is 1. The number of nitrogens with zero attached hydrogens (tertiary/aromatic N) is 3. The first-order valence-corrected chi connectivity index (χ1v) is 12.4. The largest absolute Gasteiger partial charge is 0.497 e. The number of pyridine rings is 1. The Morgan fingerprint density at radius 2 is 1.76 bits per heavy atom. The van der Waals surface area contributed by atoms with Gasteiger partial charge in [-0.2, -0.15) is 5.10 Å². The maximum Gasteiger partial charge on any atom is 0.273 e. The van der Waals surface area contributed by atoms with Gasteiger partial charge in [0, 0.05) is 30.1 Å². The second-order valence-electron chi connectivity index (χ2n) is 8.89. The standard InChI is InChI=1S/C29H30N4O4/c1-4-5-16-37-23-11-8-21(17-24(23)36-3)28-25-26(20-6-9-22(35-2)10-7-20)31-32-27(25)29(34)33(28)18-19-12-14-30-15-13-19/h6-15,17,28H,4-5,16,18H2,1-3H3,(H,31,32). The Balaban J connectivity index is 1.59. The number of carbonyl (C=O) groups is 1. The second-order valence-corrected chi connectivity index (χ2v) is 8.89. The predicted molar refractivity (Wildman–Crippen MR) is 140 cm³/mol. The van der Waals surface area contributed by atoms with Gasteiger partial charge in [0.25, 0.3) is 5.91 Å². The molecule has 1 aliphatic heterocycles. The van der Waals surface area contributed by atoms with Crippen LogP contribution in [-0.2, 0) is 6.54 Å². The van der Waals surface area contributed by atoms with Gasteiger partial charge in [-0.3, -0.25) is 14.9 Å². The van der Waals surface area contributed by atoms with Crippen molar-refractivity contribution >= 4 is 5.91 Å². The molecule has 2 aromatic heterocycles. The number of fused-ring (bicyclic) bond motifs is 1. The van der Waals surface area contributed by atoms with Crippen molar-refractivity contribution in [1.82, 2.24) is 20.1 Å². The van der Waals surface area contributed by atoms with Gasteiger partial charge in [0.05, 0.1) is 32.6 Å². The number of amides is 1. The molecule has 2 aromatic carbocycles. The quantitative estimate of drug-likeness (QED) is 0.294. The molecule has 0 bridgehead atoms. The monoisotopic (exact) mass is 498 g/mol. The molecule has 1 amide bonds. The smallest absolute Gasteiger partial charge is 0.273 e. The maximum absolute atomic E-state index is 13.7. The van der Waals surface area contributed by atoms with Gasteiger partial charge in [-0.15, -0.1) is 0 Å². The molecule has 8 nitrogen and oxygen atoms in total. The minimum atomic E-state index is -0.370. The van der Waals surface area contributed by atoms with Crippen molar-refractivity contribution in [3.05, 3.63) is 89.4 Å². The molecule has 190 valence electrons. The highest BCUT2D eigenvalue weighted by Gasteiger charge is 2.42. The van der Waals surface area contributed by atoms with Gasteiger partial charge in [-0.25, -0.2) is 0 Å². The van der Waals surface area contributed by atoms with Crippen molar-refractivity contribution in [3.63, 3.8) is 0 Å². The number of H-pyrrole nitrogens is 1. The zero-order valence-corrected chi connectivity index (χ0v) is 21.2. The van der Waals surface area contributed by atoms with E-state index in [1.807, 2.05) is 59.5 Å². The average Bonchev–Trinajstić information content (AvgIpc) is 3.48. The Kier molecular flexibility index (Phi) is 7.07. The van der Waals surface area contributed by atoms with Crippen LogP contribution in [0.5, 0.6) is 17.2 Å². The minimum absolute atomic E-state index is 0.105. The number of methoxy groups -OCH3 is 2. The molecule has 4 aromatic rings. The summed E-state index contributed by atoms with van der Waals surface area (Å²) in [6, 6.07) is 17.0. The lowest BCUT2D eigenvalue weighted by atomic mass is 9.95. The first-order valence-electron chi connectivity index (χ1n) is 12.4. The molecular formula is C29H30N4O4. The molecule has 0 radical (unpaired) electrons. The van der Waals surface area contributed by atoms with Crippen LogP contribution in [0.3, 0.4) is 0 Å². The number of aromatic nitrogens is 3. The lowest BCUT2D eigenvalue weighted by molar-refractivity contribution is 0.0729. The molecular weight excluding hydrogens is 468 g/mol. The fraction of sp³-hybridized carbons (Fsp3) is 0.276. The SMILES string of the molecule is CCCCOc1ccc(C2c3c(-c4ccc(OC)cc4)n[nH]c3C(=O)N2Cc2ccncc2)cc1OC. The fourth-order valence-electron chi connectivity index (χ4n) is 4.66. The highest BCUT2D eigenvalue weighted by molar-refractivity contribution is 6.00. The van der Waals surface area contributed by atoms with Crippen molar-refractivity contribution in [2.75, 3.05) is 20.8 Å². The van der Waals surface area contributed by atoms with Crippen LogP contribution in [0.1, 0.15) is 53.0 Å². The Bertz CT molecular complexity index is 1370. The number of rotatable bonds is 10. The molecule has 0 fully saturated rings. The van der Waals surface area contributed by atoms with Crippen LogP contribution in [0.2, 0.25) is 0 Å². The molecule has 5 rings (SSSR count). The number of nitrogens with one attached hydrogen (secondary N) is 1. The lowest BCUT2D eigenvalue weighted by Crippen LogP contribution is -2.29. The van der Waals surface area contributed by atoms with E-state index in [2.05, 4.69) is 22.1 Å². The first-order chi connectivity index (χ1) is 18.1. The topological polar surface area (TPSA) is 89.6 Å². The van der Waals surface area contributed by atoms with E-state index in [-0.39, 0.29) is 11.9 Å². The molecule has 0 aliphatic carbocycles. The number of unbranched alkanes of at least 4 members (excludes halogenated alkanes) is 1. The van der Waals surface area contributed by atoms with Gasteiger partial charge in [0.2, 0.25) is 0 Å². The molecule has 3 heterocycles. The van der Waals surface area contributed by atoms with E-state index in [9.17, 15) is 4.79 Å². The van der Waals surface area contributed by atoms with Crippen LogP contribution in [-0.4, -0.2) is 46.8 Å². The number of benzene rings is 2. The van der Waals surface area contributed by atoms with E-state index in [4.69, 9.17) is 14.2 Å². The third kappa shape index (κ3) is 4.74. The van der Waals surface area contributed by atoms with Gasteiger partial charge in [-0.05, 0) is 66.1 Å². The van der Waals surface area contributed by atoms with Crippen molar-refractivity contribution < 1.29 is 19.0 Å². The van der Waals surface area contributed by atoms with E-state index >= 15 is 0 Å². The van der Waals surface area contributed by atoms with Crippen LogP contribution in [0.4, 0.5) is 0 Å². The van der Waals surface area contributed by atoms with Crippen LogP contribution in [0, 0.1) is 0 Å². The summed E-state index contributed by atoms with van der Waals surface area (Å²) in [4.78, 5) is 19.7. The van der Waals surface area contributed by atoms with Crippen LogP contribution >= 0.6 is 0 Å². The summed E-state index contributed by atoms with van der Waals surface area (Å²) in [7, 11) is 3.27. The fourth-order valence-corrected chi connectivity index (χ4v) is 4.66. The number of ether oxygens (including phenoxy) is 3. The molecule has 1 atom stereocenters. The third-order valence-electron chi connectivity index (χ3n) is 6.59. The number of carbonyl (C=O) groups excluding carboxylic acids is 1. The van der Waals surface area contributed by atoms with Gasteiger partial charge in [0.15, 0.2) is 11.5 Å². The molecule has 8 heteroatoms. The highest BCUT2D eigenvalue weighted by atomic mass is 16.5. The summed E-state index contributed by atoms with van der Waals surface area (Å²) >= 11 is 0. The average molecular weight is 499 g/mol. The summed E-state index contributed by atoms with van der Waals surface area (Å²) < 4.78 is 17.0. The van der Waals surface area contributed by atoms with Crippen molar-refractivity contribution in [3.8, 4) is 28.5 Å². The van der Waals surface area contributed by atoms with Gasteiger partial charge in [-0.1, -0.05) is 19.4 Å². The van der Waals surface area contributed by atoms with Crippen molar-refractivity contribution in [2.45, 2.75) is 32.4 Å². The Labute approximate surface area is 216 Å². The lowest BCUT2D eigenvalue weighted by Gasteiger charge is -2.27. The molecule has 1 N–H and O–H groups in total. The summed E-state index contributed by atoms with van der Waals surface area (Å²) in [5, 5.41) is 7.57. The van der Waals surface area contributed by atoms with Crippen LogP contribution < -0.4 is 14.2 Å². The van der Waals surface area contributed by atoms with Crippen LogP contribution in [0.25, 0.3) is 11.3 Å². The van der Waals surface area contributed by atoms with E-state index in [1.54, 1.807) is 26.6 Å². The van der Waals surface area contributed by atoms with E-state index < -0.39 is 0 Å². The van der Waals surface area contributed by atoms with Gasteiger partial charge in [0.1, 0.15) is 11.4 Å². The molecule has 1 unspecified atom stereocenters. The van der Waals surface area contributed by atoms with E-state index in [1.165, 1.54) is 0 Å². The van der Waals surface area contributed by atoms with Crippen LogP contribution in [0.15, 0.2) is 67.0 Å². The zero-order chi connectivity index (χ0) is 25.8. The molecule has 37 heavy (non-hydrogen) atoms. The Hall–Kier alpha value is -4.33. The Morgan fingerprint density at radius 1 is 0.973 bits per heavy atom. The van der Waals surface area contributed by atoms with E-state index in [0.29, 0.717) is 30.3 Å². The zero-order valence-electron chi connectivity index (χ0n) is 21.2. The van der Waals surface area contributed by atoms with Gasteiger partial charge >= 0.3 is 0 Å². The summed E-state index contributed by atoms with van der Waals surface area (Å²) in [6.07, 6.45) is 5.48. The van der Waals surface area contributed by atoms with Crippen molar-refractivity contribution in [1.29, 1.82) is 0 Å². The first kappa shape index (κ1) is 24.4. The number of hydrogen-bond acceptors (Lipinski definition) is 6. The molecule has 1 aliphatic rings. The summed E-state index contributed by atoms with van der Waals surface area (Å²) in [5.41, 5.74) is 4.86. The third-order valence-corrected chi connectivity index (χ3v) is 6.59. The second kappa shape index (κ2) is 10.7.